The van der Waals surface area contributed by atoms with E-state index >= 15 is 0 Å². The van der Waals surface area contributed by atoms with Crippen molar-refractivity contribution in [1.29, 1.82) is 0 Å². The van der Waals surface area contributed by atoms with Gasteiger partial charge in [0.05, 0.1) is 19.3 Å². The summed E-state index contributed by atoms with van der Waals surface area (Å²) in [7, 11) is 1.55. The number of aromatic amines is 1. The third-order valence-electron chi connectivity index (χ3n) is 5.51. The highest BCUT2D eigenvalue weighted by atomic mass is 16.5. The first-order valence-corrected chi connectivity index (χ1v) is 9.80. The average molecular weight is 407 g/mol. The van der Waals surface area contributed by atoms with Crippen LogP contribution in [0, 0.1) is 0 Å². The molecule has 2 N–H and O–H groups in total. The Morgan fingerprint density at radius 1 is 1.20 bits per heavy atom. The second-order valence-corrected chi connectivity index (χ2v) is 7.25. The smallest absolute Gasteiger partial charge is 0.327 e. The fourth-order valence-electron chi connectivity index (χ4n) is 4.07. The molecule has 1 fully saturated rings. The first-order chi connectivity index (χ1) is 14.7. The van der Waals surface area contributed by atoms with Gasteiger partial charge >= 0.3 is 5.69 Å². The van der Waals surface area contributed by atoms with Gasteiger partial charge in [-0.05, 0) is 37.8 Å². The van der Waals surface area contributed by atoms with E-state index in [-0.39, 0.29) is 11.7 Å². The van der Waals surface area contributed by atoms with Gasteiger partial charge in [-0.1, -0.05) is 0 Å². The number of rotatable bonds is 5. The third kappa shape index (κ3) is 3.27. The number of nitrogens with one attached hydrogen (secondary N) is 2. The summed E-state index contributed by atoms with van der Waals surface area (Å²) in [6, 6.07) is 4.01. The maximum Gasteiger partial charge on any atom is 0.327 e. The van der Waals surface area contributed by atoms with E-state index in [2.05, 4.69) is 35.3 Å². The molecule has 0 aliphatic heterocycles. The lowest BCUT2D eigenvalue weighted by molar-refractivity contribution is 0.260. The lowest BCUT2D eigenvalue weighted by Gasteiger charge is -2.28. The van der Waals surface area contributed by atoms with E-state index in [9.17, 15) is 4.79 Å². The topological polar surface area (TPSA) is 128 Å². The van der Waals surface area contributed by atoms with Crippen LogP contribution in [0.3, 0.4) is 0 Å². The number of H-pyrrole nitrogens is 1. The molecule has 0 unspecified atom stereocenters. The van der Waals surface area contributed by atoms with E-state index < -0.39 is 0 Å². The average Bonchev–Trinajstić information content (AvgIpc) is 3.42. The predicted octanol–water partition coefficient (Wildman–Crippen LogP) is 2.21. The van der Waals surface area contributed by atoms with E-state index in [0.717, 1.165) is 25.7 Å². The van der Waals surface area contributed by atoms with E-state index in [0.29, 0.717) is 34.7 Å². The Bertz CT molecular complexity index is 1210. The molecular weight excluding hydrogens is 386 g/mol. The zero-order valence-electron chi connectivity index (χ0n) is 16.4. The number of aromatic nitrogens is 8. The molecule has 1 aliphatic rings. The van der Waals surface area contributed by atoms with Crippen molar-refractivity contribution in [3.05, 3.63) is 47.7 Å². The van der Waals surface area contributed by atoms with E-state index in [4.69, 9.17) is 4.74 Å². The van der Waals surface area contributed by atoms with Crippen LogP contribution < -0.4 is 15.7 Å². The van der Waals surface area contributed by atoms with Gasteiger partial charge in [-0.2, -0.15) is 10.1 Å². The minimum atomic E-state index is -0.167. The summed E-state index contributed by atoms with van der Waals surface area (Å²) in [6.07, 6.45) is 10.1. The number of imidazole rings is 1. The molecule has 0 amide bonds. The number of pyridine rings is 1. The van der Waals surface area contributed by atoms with Gasteiger partial charge in [-0.25, -0.2) is 24.4 Å². The van der Waals surface area contributed by atoms with E-state index in [1.807, 2.05) is 10.7 Å². The van der Waals surface area contributed by atoms with Crippen LogP contribution in [0.1, 0.15) is 37.8 Å². The molecule has 0 radical (unpaired) electrons. The lowest BCUT2D eigenvalue weighted by Crippen LogP contribution is -2.27. The zero-order valence-corrected chi connectivity index (χ0v) is 16.4. The van der Waals surface area contributed by atoms with Gasteiger partial charge in [0.25, 0.3) is 0 Å². The van der Waals surface area contributed by atoms with Crippen molar-refractivity contribution in [3.8, 4) is 5.88 Å². The number of hydrogen-bond acceptors (Lipinski definition) is 8. The van der Waals surface area contributed by atoms with Crippen LogP contribution in [-0.2, 0) is 0 Å². The summed E-state index contributed by atoms with van der Waals surface area (Å²) in [4.78, 5) is 32.7. The van der Waals surface area contributed by atoms with Crippen LogP contribution in [0.4, 0.5) is 11.6 Å². The summed E-state index contributed by atoms with van der Waals surface area (Å²) in [6.45, 7) is 0. The highest BCUT2D eigenvalue weighted by molar-refractivity contribution is 5.72. The number of hydrogen-bond donors (Lipinski definition) is 2. The van der Waals surface area contributed by atoms with Crippen LogP contribution in [0.2, 0.25) is 0 Å². The minimum Gasteiger partial charge on any atom is -0.480 e. The fourth-order valence-corrected chi connectivity index (χ4v) is 4.07. The van der Waals surface area contributed by atoms with Crippen molar-refractivity contribution in [2.45, 2.75) is 37.8 Å². The summed E-state index contributed by atoms with van der Waals surface area (Å²) < 4.78 is 8.92. The number of nitrogens with zero attached hydrogens (tertiary/aromatic N) is 7. The number of ether oxygens (including phenoxy) is 1. The Morgan fingerprint density at radius 3 is 2.80 bits per heavy atom. The first kappa shape index (κ1) is 18.3. The molecule has 4 aromatic rings. The van der Waals surface area contributed by atoms with Crippen LogP contribution in [-0.4, -0.2) is 46.4 Å². The molecule has 154 valence electrons. The van der Waals surface area contributed by atoms with Crippen LogP contribution in [0.5, 0.6) is 5.88 Å². The lowest BCUT2D eigenvalue weighted by atomic mass is 9.91. The molecule has 0 spiro atoms. The molecule has 4 aromatic heterocycles. The first-order valence-electron chi connectivity index (χ1n) is 9.80. The summed E-state index contributed by atoms with van der Waals surface area (Å²) in [5, 5.41) is 7.37. The van der Waals surface area contributed by atoms with E-state index in [1.54, 1.807) is 42.8 Å². The van der Waals surface area contributed by atoms with Gasteiger partial charge in [-0.15, -0.1) is 0 Å². The Balaban J connectivity index is 1.42. The Hall–Kier alpha value is -3.76. The normalized spacial score (nSPS) is 19.1. The van der Waals surface area contributed by atoms with E-state index in [1.165, 1.54) is 0 Å². The highest BCUT2D eigenvalue weighted by Gasteiger charge is 2.27. The van der Waals surface area contributed by atoms with Crippen molar-refractivity contribution in [3.63, 3.8) is 0 Å². The van der Waals surface area contributed by atoms with Crippen molar-refractivity contribution in [2.24, 2.45) is 0 Å². The van der Waals surface area contributed by atoms with Crippen molar-refractivity contribution < 1.29 is 4.74 Å². The molecule has 11 nitrogen and oxygen atoms in total. The van der Waals surface area contributed by atoms with Crippen molar-refractivity contribution in [2.75, 3.05) is 12.4 Å². The standard InChI is InChI=1S/C19H21N9O2/c1-30-17-14(3-2-8-21-17)24-18-22-9-15-16(26-18)28(19(29)25-15)13-6-4-12(5-7-13)27-11-20-10-23-27/h2-3,8-13H,4-7H2,1H3,(H,25,29)(H,22,24,26)/t12-,13-. The van der Waals surface area contributed by atoms with Gasteiger partial charge in [0, 0.05) is 12.2 Å². The van der Waals surface area contributed by atoms with Gasteiger partial charge in [0.15, 0.2) is 5.65 Å². The Kier molecular flexibility index (Phi) is 4.62. The molecular formula is C19H21N9O2. The maximum absolute atomic E-state index is 12.7. The quantitative estimate of drug-likeness (QED) is 0.515. The van der Waals surface area contributed by atoms with Crippen LogP contribution in [0.25, 0.3) is 11.2 Å². The zero-order chi connectivity index (χ0) is 20.5. The Labute approximate surface area is 171 Å². The molecule has 11 heteroatoms. The third-order valence-corrected chi connectivity index (χ3v) is 5.51. The van der Waals surface area contributed by atoms with Gasteiger partial charge < -0.3 is 15.0 Å². The monoisotopic (exact) mass is 407 g/mol. The number of methoxy groups -OCH3 is 1. The second-order valence-electron chi connectivity index (χ2n) is 7.25. The molecule has 0 saturated heterocycles. The van der Waals surface area contributed by atoms with Gasteiger partial charge in [0.2, 0.25) is 11.8 Å². The number of fused-ring (bicyclic) bond motifs is 1. The predicted molar refractivity (Wildman–Crippen MR) is 109 cm³/mol. The second kappa shape index (κ2) is 7.58. The Morgan fingerprint density at radius 2 is 2.03 bits per heavy atom. The minimum absolute atomic E-state index is 0.0710. The van der Waals surface area contributed by atoms with Crippen molar-refractivity contribution in [1.82, 2.24) is 39.3 Å². The summed E-state index contributed by atoms with van der Waals surface area (Å²) in [5.74, 6) is 0.817. The molecule has 0 aromatic carbocycles. The molecule has 4 heterocycles. The SMILES string of the molecule is COc1ncccc1Nc1ncc2[nH]c(=O)n([C@H]3CC[C@H](n4cncn4)CC3)c2n1. The maximum atomic E-state index is 12.7. The largest absolute Gasteiger partial charge is 0.480 e. The number of anilines is 2. The molecule has 1 saturated carbocycles. The van der Waals surface area contributed by atoms with Crippen LogP contribution >= 0.6 is 0 Å². The summed E-state index contributed by atoms with van der Waals surface area (Å²) in [5.41, 5.74) is 1.68. The van der Waals surface area contributed by atoms with Crippen molar-refractivity contribution >= 4 is 22.8 Å². The molecule has 5 rings (SSSR count). The van der Waals surface area contributed by atoms with Gasteiger partial charge in [0.1, 0.15) is 23.9 Å². The molecule has 0 bridgehead atoms. The summed E-state index contributed by atoms with van der Waals surface area (Å²) >= 11 is 0. The molecule has 30 heavy (non-hydrogen) atoms. The van der Waals surface area contributed by atoms with Crippen LogP contribution in [0.15, 0.2) is 42.0 Å². The fraction of sp³-hybridized carbons (Fsp3) is 0.368. The van der Waals surface area contributed by atoms with Gasteiger partial charge in [-0.3, -0.25) is 4.57 Å². The highest BCUT2D eigenvalue weighted by Crippen LogP contribution is 2.35. The molecule has 0 atom stereocenters. The molecule has 1 aliphatic carbocycles.